The molecule has 2 rings (SSSR count). The summed E-state index contributed by atoms with van der Waals surface area (Å²) in [6, 6.07) is 4.50. The monoisotopic (exact) mass is 293 g/mol. The molecule has 0 saturated carbocycles. The second kappa shape index (κ2) is 6.51. The summed E-state index contributed by atoms with van der Waals surface area (Å²) in [5, 5.41) is 14.0. The molecule has 114 valence electrons. The van der Waals surface area contributed by atoms with E-state index in [1.165, 1.54) is 12.1 Å². The van der Waals surface area contributed by atoms with Gasteiger partial charge in [-0.15, -0.1) is 0 Å². The number of piperidine rings is 1. The quantitative estimate of drug-likeness (QED) is 0.428. The normalized spacial score (nSPS) is 16.5. The average molecular weight is 293 g/mol. The van der Waals surface area contributed by atoms with Crippen molar-refractivity contribution in [3.05, 3.63) is 33.9 Å². The third-order valence-electron chi connectivity index (χ3n) is 3.67. The van der Waals surface area contributed by atoms with Gasteiger partial charge in [0, 0.05) is 6.04 Å². The predicted molar refractivity (Wildman–Crippen MR) is 78.9 cm³/mol. The van der Waals surface area contributed by atoms with Gasteiger partial charge in [0.2, 0.25) is 0 Å². The van der Waals surface area contributed by atoms with Crippen molar-refractivity contribution in [3.63, 3.8) is 0 Å². The van der Waals surface area contributed by atoms with Crippen molar-refractivity contribution in [1.29, 1.82) is 0 Å². The number of rotatable bonds is 4. The zero-order valence-electron chi connectivity index (χ0n) is 11.8. The van der Waals surface area contributed by atoms with Gasteiger partial charge < -0.3 is 15.6 Å². The number of carbonyl (C=O) groups is 1. The van der Waals surface area contributed by atoms with E-state index in [1.807, 2.05) is 7.05 Å². The first-order chi connectivity index (χ1) is 10.0. The standard InChI is InChI=1S/C13H19N5O3/c1-17-7-5-9(6-8-17)15-13(19)10-3-2-4-11(16-14)12(10)18(20)21/h2-4,9,16H,5-8,14H2,1H3,(H,15,19). The molecule has 0 atom stereocenters. The van der Waals surface area contributed by atoms with Crippen LogP contribution in [0.3, 0.4) is 0 Å². The smallest absolute Gasteiger partial charge is 0.306 e. The number of nitro benzene ring substituents is 1. The summed E-state index contributed by atoms with van der Waals surface area (Å²) in [5.74, 6) is 4.83. The molecule has 0 radical (unpaired) electrons. The molecule has 0 aliphatic carbocycles. The molecule has 0 bridgehead atoms. The number of amides is 1. The maximum absolute atomic E-state index is 12.3. The Balaban J connectivity index is 2.17. The molecule has 8 heteroatoms. The molecule has 0 aromatic heterocycles. The largest absolute Gasteiger partial charge is 0.349 e. The Hall–Kier alpha value is -2.19. The first-order valence-electron chi connectivity index (χ1n) is 6.76. The van der Waals surface area contributed by atoms with Gasteiger partial charge in [0.25, 0.3) is 5.91 Å². The van der Waals surface area contributed by atoms with E-state index in [0.29, 0.717) is 0 Å². The Morgan fingerprint density at radius 1 is 1.43 bits per heavy atom. The fourth-order valence-corrected chi connectivity index (χ4v) is 2.46. The third-order valence-corrected chi connectivity index (χ3v) is 3.67. The van der Waals surface area contributed by atoms with Gasteiger partial charge in [0.15, 0.2) is 0 Å². The highest BCUT2D eigenvalue weighted by atomic mass is 16.6. The minimum absolute atomic E-state index is 0.0226. The number of nitro groups is 1. The fraction of sp³-hybridized carbons (Fsp3) is 0.462. The third kappa shape index (κ3) is 3.47. The van der Waals surface area contributed by atoms with Crippen molar-refractivity contribution < 1.29 is 9.72 Å². The molecular formula is C13H19N5O3. The van der Waals surface area contributed by atoms with Gasteiger partial charge in [-0.25, -0.2) is 0 Å². The van der Waals surface area contributed by atoms with Crippen LogP contribution in [0.5, 0.6) is 0 Å². The van der Waals surface area contributed by atoms with Gasteiger partial charge in [-0.05, 0) is 45.1 Å². The topological polar surface area (TPSA) is 114 Å². The lowest BCUT2D eigenvalue weighted by Crippen LogP contribution is -2.43. The Morgan fingerprint density at radius 2 is 2.10 bits per heavy atom. The van der Waals surface area contributed by atoms with E-state index in [4.69, 9.17) is 5.84 Å². The molecule has 8 nitrogen and oxygen atoms in total. The number of hydrogen-bond acceptors (Lipinski definition) is 6. The molecule has 0 unspecified atom stereocenters. The summed E-state index contributed by atoms with van der Waals surface area (Å²) >= 11 is 0. The van der Waals surface area contributed by atoms with Gasteiger partial charge >= 0.3 is 5.69 Å². The van der Waals surface area contributed by atoms with Crippen molar-refractivity contribution in [2.24, 2.45) is 5.84 Å². The molecule has 4 N–H and O–H groups in total. The van der Waals surface area contributed by atoms with Gasteiger partial charge in [0.05, 0.1) is 4.92 Å². The van der Waals surface area contributed by atoms with E-state index >= 15 is 0 Å². The lowest BCUT2D eigenvalue weighted by molar-refractivity contribution is -0.384. The summed E-state index contributed by atoms with van der Waals surface area (Å²) in [4.78, 5) is 25.0. The summed E-state index contributed by atoms with van der Waals surface area (Å²) in [6.45, 7) is 1.80. The van der Waals surface area contributed by atoms with E-state index in [-0.39, 0.29) is 23.0 Å². The van der Waals surface area contributed by atoms with Crippen LogP contribution in [0.1, 0.15) is 23.2 Å². The van der Waals surface area contributed by atoms with Gasteiger partial charge in [0.1, 0.15) is 11.3 Å². The van der Waals surface area contributed by atoms with Crippen LogP contribution in [0.2, 0.25) is 0 Å². The zero-order valence-corrected chi connectivity index (χ0v) is 11.8. The van der Waals surface area contributed by atoms with Crippen LogP contribution < -0.4 is 16.6 Å². The Kier molecular flexibility index (Phi) is 4.71. The Morgan fingerprint density at radius 3 is 2.67 bits per heavy atom. The second-order valence-electron chi connectivity index (χ2n) is 5.15. The van der Waals surface area contributed by atoms with E-state index in [0.717, 1.165) is 25.9 Å². The van der Waals surface area contributed by atoms with Crippen molar-refractivity contribution in [2.75, 3.05) is 25.6 Å². The summed E-state index contributed by atoms with van der Waals surface area (Å²) in [5.41, 5.74) is 2.10. The minimum atomic E-state index is -0.598. The van der Waals surface area contributed by atoms with E-state index in [9.17, 15) is 14.9 Å². The van der Waals surface area contributed by atoms with Crippen molar-refractivity contribution in [2.45, 2.75) is 18.9 Å². The molecule has 1 aliphatic rings. The van der Waals surface area contributed by atoms with Gasteiger partial charge in [-0.3, -0.25) is 20.8 Å². The number of benzene rings is 1. The maximum Gasteiger partial charge on any atom is 0.306 e. The first kappa shape index (κ1) is 15.2. The molecule has 1 saturated heterocycles. The van der Waals surface area contributed by atoms with E-state index in [2.05, 4.69) is 15.6 Å². The van der Waals surface area contributed by atoms with Gasteiger partial charge in [-0.1, -0.05) is 6.07 Å². The van der Waals surface area contributed by atoms with Crippen LogP contribution in [0.4, 0.5) is 11.4 Å². The van der Waals surface area contributed by atoms with Crippen LogP contribution in [0.25, 0.3) is 0 Å². The number of nitrogens with zero attached hydrogens (tertiary/aromatic N) is 2. The first-order valence-corrected chi connectivity index (χ1v) is 6.76. The number of para-hydroxylation sites is 1. The highest BCUT2D eigenvalue weighted by Crippen LogP contribution is 2.28. The van der Waals surface area contributed by atoms with E-state index < -0.39 is 10.8 Å². The van der Waals surface area contributed by atoms with Crippen LogP contribution in [0.15, 0.2) is 18.2 Å². The van der Waals surface area contributed by atoms with Crippen molar-refractivity contribution in [3.8, 4) is 0 Å². The summed E-state index contributed by atoms with van der Waals surface area (Å²) < 4.78 is 0. The number of anilines is 1. The van der Waals surface area contributed by atoms with Crippen LogP contribution in [0, 0.1) is 10.1 Å². The maximum atomic E-state index is 12.3. The highest BCUT2D eigenvalue weighted by Gasteiger charge is 2.26. The number of nitrogens with one attached hydrogen (secondary N) is 2. The summed E-state index contributed by atoms with van der Waals surface area (Å²) in [6.07, 6.45) is 1.68. The number of nitrogens with two attached hydrogens (primary N) is 1. The summed E-state index contributed by atoms with van der Waals surface area (Å²) in [7, 11) is 2.03. The van der Waals surface area contributed by atoms with Crippen molar-refractivity contribution >= 4 is 17.3 Å². The van der Waals surface area contributed by atoms with Gasteiger partial charge in [-0.2, -0.15) is 0 Å². The average Bonchev–Trinajstić information content (AvgIpc) is 2.48. The van der Waals surface area contributed by atoms with Crippen LogP contribution in [-0.2, 0) is 0 Å². The predicted octanol–water partition coefficient (Wildman–Crippen LogP) is 0.704. The Labute approximate surface area is 122 Å². The van der Waals surface area contributed by atoms with Crippen molar-refractivity contribution in [1.82, 2.24) is 10.2 Å². The molecule has 1 amide bonds. The Bertz CT molecular complexity index is 541. The molecule has 1 aromatic carbocycles. The lowest BCUT2D eigenvalue weighted by atomic mass is 10.0. The molecule has 1 aliphatic heterocycles. The molecule has 0 spiro atoms. The second-order valence-corrected chi connectivity index (χ2v) is 5.15. The number of carbonyl (C=O) groups excluding carboxylic acids is 1. The highest BCUT2D eigenvalue weighted by molar-refractivity contribution is 6.00. The fourth-order valence-electron chi connectivity index (χ4n) is 2.46. The zero-order chi connectivity index (χ0) is 15.4. The van der Waals surface area contributed by atoms with E-state index in [1.54, 1.807) is 6.07 Å². The SMILES string of the molecule is CN1CCC(NC(=O)c2cccc(NN)c2[N+](=O)[O-])CC1. The number of hydrazine groups is 1. The van der Waals surface area contributed by atoms with Crippen LogP contribution in [-0.4, -0.2) is 41.9 Å². The number of hydrogen-bond donors (Lipinski definition) is 3. The lowest BCUT2D eigenvalue weighted by Gasteiger charge is -2.29. The molecule has 21 heavy (non-hydrogen) atoms. The molecule has 1 heterocycles. The molecule has 1 aromatic rings. The minimum Gasteiger partial charge on any atom is -0.349 e. The van der Waals surface area contributed by atoms with Crippen LogP contribution >= 0.6 is 0 Å². The number of nitrogen functional groups attached to an aromatic ring is 1. The molecular weight excluding hydrogens is 274 g/mol. The number of likely N-dealkylation sites (tertiary alicyclic amines) is 1. The molecule has 1 fully saturated rings.